The molecule has 1 atom stereocenters. The van der Waals surface area contributed by atoms with Crippen molar-refractivity contribution >= 4 is 17.2 Å². The molecule has 0 saturated carbocycles. The van der Waals surface area contributed by atoms with E-state index < -0.39 is 0 Å². The minimum atomic E-state index is 0.0967. The van der Waals surface area contributed by atoms with Crippen LogP contribution in [0.1, 0.15) is 31.2 Å². The lowest BCUT2D eigenvalue weighted by molar-refractivity contribution is -0.139. The van der Waals surface area contributed by atoms with Crippen LogP contribution in [-0.2, 0) is 11.3 Å². The van der Waals surface area contributed by atoms with Gasteiger partial charge in [0.15, 0.2) is 0 Å². The van der Waals surface area contributed by atoms with E-state index in [0.717, 1.165) is 13.1 Å². The summed E-state index contributed by atoms with van der Waals surface area (Å²) in [6.45, 7) is 11.1. The molecule has 1 aromatic heterocycles. The molecule has 1 aliphatic heterocycles. The topological polar surface area (TPSA) is 32.3 Å². The van der Waals surface area contributed by atoms with Crippen LogP contribution in [0.3, 0.4) is 0 Å². The van der Waals surface area contributed by atoms with Gasteiger partial charge in [0.05, 0.1) is 6.54 Å². The zero-order valence-corrected chi connectivity index (χ0v) is 16.4. The van der Waals surface area contributed by atoms with E-state index in [1.54, 1.807) is 11.3 Å². The van der Waals surface area contributed by atoms with Crippen molar-refractivity contribution < 1.29 is 4.79 Å². The number of hydrogen-bond acceptors (Lipinski definition) is 3. The summed E-state index contributed by atoms with van der Waals surface area (Å²) in [5.41, 5.74) is 2.58. The number of hydrogen-bond donors (Lipinski definition) is 1. The lowest BCUT2D eigenvalue weighted by Crippen LogP contribution is -2.51. The van der Waals surface area contributed by atoms with Crippen LogP contribution in [0.15, 0.2) is 36.4 Å². The summed E-state index contributed by atoms with van der Waals surface area (Å²) < 4.78 is 0. The molecule has 1 aliphatic rings. The van der Waals surface area contributed by atoms with Crippen molar-refractivity contribution in [3.63, 3.8) is 0 Å². The van der Waals surface area contributed by atoms with Crippen molar-refractivity contribution in [2.24, 2.45) is 11.8 Å². The number of carbonyl (C=O) groups excluding carboxylic acids is 1. The molecule has 4 heteroatoms. The monoisotopic (exact) mass is 356 g/mol. The van der Waals surface area contributed by atoms with Crippen LogP contribution in [0.5, 0.6) is 0 Å². The molecule has 2 heterocycles. The molecule has 1 saturated heterocycles. The molecule has 1 aromatic carbocycles. The Labute approximate surface area is 155 Å². The molecule has 0 bridgehead atoms. The number of nitrogens with one attached hydrogen (secondary N) is 1. The second-order valence-corrected chi connectivity index (χ2v) is 8.52. The SMILES string of the molecule is Cc1ccccc1-c1ccc(CN(C(=O)C(C)C2CNC2)C(C)C)s1. The summed E-state index contributed by atoms with van der Waals surface area (Å²) in [7, 11) is 0. The second-order valence-electron chi connectivity index (χ2n) is 7.35. The highest BCUT2D eigenvalue weighted by atomic mass is 32.1. The normalized spacial score (nSPS) is 15.9. The van der Waals surface area contributed by atoms with Crippen molar-refractivity contribution in [1.29, 1.82) is 0 Å². The van der Waals surface area contributed by atoms with Crippen LogP contribution in [0.25, 0.3) is 10.4 Å². The number of thiophene rings is 1. The van der Waals surface area contributed by atoms with Gasteiger partial charge in [0.25, 0.3) is 0 Å². The highest BCUT2D eigenvalue weighted by molar-refractivity contribution is 7.15. The third kappa shape index (κ3) is 3.96. The number of rotatable bonds is 6. The first kappa shape index (κ1) is 18.2. The van der Waals surface area contributed by atoms with Crippen LogP contribution in [0, 0.1) is 18.8 Å². The van der Waals surface area contributed by atoms with Crippen LogP contribution in [0.2, 0.25) is 0 Å². The van der Waals surface area contributed by atoms with Crippen LogP contribution in [-0.4, -0.2) is 29.9 Å². The first-order valence-corrected chi connectivity index (χ1v) is 9.95. The summed E-state index contributed by atoms with van der Waals surface area (Å²) in [5, 5.41) is 3.27. The largest absolute Gasteiger partial charge is 0.335 e. The predicted molar refractivity (Wildman–Crippen MR) is 106 cm³/mol. The van der Waals surface area contributed by atoms with Gasteiger partial charge in [-0.05, 0) is 63.0 Å². The molecule has 1 fully saturated rings. The molecule has 1 N–H and O–H groups in total. The zero-order valence-electron chi connectivity index (χ0n) is 15.6. The molecule has 3 nitrogen and oxygen atoms in total. The van der Waals surface area contributed by atoms with E-state index in [2.05, 4.69) is 69.4 Å². The van der Waals surface area contributed by atoms with Gasteiger partial charge in [-0.15, -0.1) is 11.3 Å². The fourth-order valence-corrected chi connectivity index (χ4v) is 4.36. The Bertz CT molecular complexity index is 733. The van der Waals surface area contributed by atoms with E-state index in [1.807, 2.05) is 4.90 Å². The van der Waals surface area contributed by atoms with Gasteiger partial charge >= 0.3 is 0 Å². The Morgan fingerprint density at radius 3 is 2.52 bits per heavy atom. The fraction of sp³-hybridized carbons (Fsp3) is 0.476. The first-order chi connectivity index (χ1) is 12.0. The highest BCUT2D eigenvalue weighted by Crippen LogP contribution is 2.31. The minimum Gasteiger partial charge on any atom is -0.335 e. The Hall–Kier alpha value is -1.65. The molecular formula is C21H28N2OS. The third-order valence-corrected chi connectivity index (χ3v) is 6.32. The van der Waals surface area contributed by atoms with Crippen molar-refractivity contribution in [2.45, 2.75) is 40.3 Å². The van der Waals surface area contributed by atoms with E-state index in [0.29, 0.717) is 12.5 Å². The van der Waals surface area contributed by atoms with Crippen molar-refractivity contribution in [2.75, 3.05) is 13.1 Å². The number of carbonyl (C=O) groups is 1. The van der Waals surface area contributed by atoms with Crippen molar-refractivity contribution in [3.05, 3.63) is 46.8 Å². The molecule has 134 valence electrons. The molecule has 0 aliphatic carbocycles. The van der Waals surface area contributed by atoms with Gasteiger partial charge in [0.1, 0.15) is 0 Å². The lowest BCUT2D eigenvalue weighted by Gasteiger charge is -2.36. The van der Waals surface area contributed by atoms with Gasteiger partial charge < -0.3 is 10.2 Å². The Balaban J connectivity index is 1.75. The predicted octanol–water partition coefficient (Wildman–Crippen LogP) is 4.32. The summed E-state index contributed by atoms with van der Waals surface area (Å²) in [6.07, 6.45) is 0. The Kier molecular flexibility index (Phi) is 5.60. The molecule has 25 heavy (non-hydrogen) atoms. The number of aryl methyl sites for hydroxylation is 1. The highest BCUT2D eigenvalue weighted by Gasteiger charge is 2.32. The minimum absolute atomic E-state index is 0.0967. The van der Waals surface area contributed by atoms with Gasteiger partial charge in [0.2, 0.25) is 5.91 Å². The molecule has 1 unspecified atom stereocenters. The molecule has 1 amide bonds. The number of amides is 1. The van der Waals surface area contributed by atoms with Gasteiger partial charge in [0, 0.05) is 21.7 Å². The quantitative estimate of drug-likeness (QED) is 0.836. The average molecular weight is 357 g/mol. The van der Waals surface area contributed by atoms with Gasteiger partial charge in [-0.3, -0.25) is 4.79 Å². The van der Waals surface area contributed by atoms with Crippen LogP contribution < -0.4 is 5.32 Å². The van der Waals surface area contributed by atoms with E-state index in [9.17, 15) is 4.79 Å². The number of benzene rings is 1. The lowest BCUT2D eigenvalue weighted by atomic mass is 9.87. The van der Waals surface area contributed by atoms with Crippen LogP contribution in [0.4, 0.5) is 0 Å². The van der Waals surface area contributed by atoms with Crippen molar-refractivity contribution in [1.82, 2.24) is 10.2 Å². The maximum Gasteiger partial charge on any atom is 0.226 e. The summed E-state index contributed by atoms with van der Waals surface area (Å²) >= 11 is 1.80. The molecule has 0 spiro atoms. The van der Waals surface area contributed by atoms with Gasteiger partial charge in [-0.2, -0.15) is 0 Å². The molecule has 0 radical (unpaired) electrons. The fourth-order valence-electron chi connectivity index (χ4n) is 3.27. The molecular weight excluding hydrogens is 328 g/mol. The third-order valence-electron chi connectivity index (χ3n) is 5.21. The Morgan fingerprint density at radius 1 is 1.20 bits per heavy atom. The van der Waals surface area contributed by atoms with E-state index in [1.165, 1.54) is 20.9 Å². The first-order valence-electron chi connectivity index (χ1n) is 9.13. The molecule has 2 aromatic rings. The smallest absolute Gasteiger partial charge is 0.226 e. The van der Waals surface area contributed by atoms with Gasteiger partial charge in [-0.1, -0.05) is 31.2 Å². The second kappa shape index (κ2) is 7.71. The van der Waals surface area contributed by atoms with Crippen LogP contribution >= 0.6 is 11.3 Å². The maximum absolute atomic E-state index is 13.0. The van der Waals surface area contributed by atoms with E-state index in [4.69, 9.17) is 0 Å². The maximum atomic E-state index is 13.0. The van der Waals surface area contributed by atoms with E-state index in [-0.39, 0.29) is 17.9 Å². The summed E-state index contributed by atoms with van der Waals surface area (Å²) in [6, 6.07) is 13.0. The Morgan fingerprint density at radius 2 is 1.92 bits per heavy atom. The average Bonchev–Trinajstić information content (AvgIpc) is 2.99. The zero-order chi connectivity index (χ0) is 18.0. The van der Waals surface area contributed by atoms with Gasteiger partial charge in [-0.25, -0.2) is 0 Å². The van der Waals surface area contributed by atoms with E-state index >= 15 is 0 Å². The molecule has 3 rings (SSSR count). The standard InChI is InChI=1S/C21H28N2OS/c1-14(2)23(21(24)16(4)17-11-22-12-17)13-18-9-10-20(25-18)19-8-6-5-7-15(19)3/h5-10,14,16-17,22H,11-13H2,1-4H3. The summed E-state index contributed by atoms with van der Waals surface area (Å²) in [5.74, 6) is 0.867. The summed E-state index contributed by atoms with van der Waals surface area (Å²) in [4.78, 5) is 17.5. The number of nitrogens with zero attached hydrogens (tertiary/aromatic N) is 1. The van der Waals surface area contributed by atoms with Crippen molar-refractivity contribution in [3.8, 4) is 10.4 Å².